The van der Waals surface area contributed by atoms with Gasteiger partial charge in [-0.3, -0.25) is 4.90 Å². The molecule has 0 spiro atoms. The Morgan fingerprint density at radius 3 is 2.56 bits per heavy atom. The Kier molecular flexibility index (Phi) is 6.04. The van der Waals surface area contributed by atoms with Gasteiger partial charge in [0.15, 0.2) is 0 Å². The van der Waals surface area contributed by atoms with Crippen LogP contribution in [0.4, 0.5) is 10.5 Å². The van der Waals surface area contributed by atoms with Crippen LogP contribution in [0.5, 0.6) is 0 Å². The largest absolute Gasteiger partial charge is 0.465 e. The van der Waals surface area contributed by atoms with E-state index in [0.717, 1.165) is 17.5 Å². The highest BCUT2D eigenvalue weighted by molar-refractivity contribution is 6.31. The van der Waals surface area contributed by atoms with Gasteiger partial charge in [0.2, 0.25) is 0 Å². The lowest BCUT2D eigenvalue weighted by Gasteiger charge is -2.26. The maximum absolute atomic E-state index is 12.0. The molecule has 1 atom stereocenters. The van der Waals surface area contributed by atoms with Crippen LogP contribution >= 0.6 is 23.2 Å². The molecule has 0 saturated carbocycles. The van der Waals surface area contributed by atoms with Crippen LogP contribution in [-0.4, -0.2) is 22.2 Å². The van der Waals surface area contributed by atoms with E-state index < -0.39 is 12.1 Å². The summed E-state index contributed by atoms with van der Waals surface area (Å²) >= 11 is 12.0. The number of amides is 1. The predicted molar refractivity (Wildman–Crippen MR) is 107 cm³/mol. The number of aryl methyl sites for hydroxylation is 1. The van der Waals surface area contributed by atoms with Crippen LogP contribution < -0.4 is 4.90 Å². The first-order valence-electron chi connectivity index (χ1n) is 8.39. The van der Waals surface area contributed by atoms with Crippen molar-refractivity contribution in [3.63, 3.8) is 0 Å². The van der Waals surface area contributed by atoms with Crippen LogP contribution in [0.3, 0.4) is 0 Å². The number of benzene rings is 2. The van der Waals surface area contributed by atoms with E-state index in [1.165, 1.54) is 11.2 Å². The van der Waals surface area contributed by atoms with Gasteiger partial charge in [-0.25, -0.2) is 4.79 Å². The second-order valence-corrected chi connectivity index (χ2v) is 6.82. The Labute approximate surface area is 167 Å². The molecular formula is C20H18Cl2N2O3. The standard InChI is InChI=1S/C20H18Cl2N2O3/c1-13(16-4-2-3-5-17(16)22)24(20(25)26)18-12-27-23-19(18)15-8-6-14(7-9-15)10-11-21/h2-9,12-13H,10-11H2,1H3,(H,25,26). The topological polar surface area (TPSA) is 66.6 Å². The molecule has 1 amide bonds. The zero-order valence-corrected chi connectivity index (χ0v) is 16.1. The summed E-state index contributed by atoms with van der Waals surface area (Å²) in [5.74, 6) is 0.538. The summed E-state index contributed by atoms with van der Waals surface area (Å²) in [6, 6.07) is 14.3. The monoisotopic (exact) mass is 404 g/mol. The van der Waals surface area contributed by atoms with E-state index in [1.807, 2.05) is 30.3 Å². The van der Waals surface area contributed by atoms with Crippen LogP contribution in [-0.2, 0) is 6.42 Å². The molecule has 1 N–H and O–H groups in total. The van der Waals surface area contributed by atoms with Crippen molar-refractivity contribution in [2.45, 2.75) is 19.4 Å². The maximum atomic E-state index is 12.0. The number of rotatable bonds is 6. The summed E-state index contributed by atoms with van der Waals surface area (Å²) in [6.45, 7) is 1.77. The lowest BCUT2D eigenvalue weighted by atomic mass is 10.0. The highest BCUT2D eigenvalue weighted by Gasteiger charge is 2.29. The lowest BCUT2D eigenvalue weighted by molar-refractivity contribution is 0.199. The molecule has 0 bridgehead atoms. The zero-order chi connectivity index (χ0) is 19.4. The molecule has 0 fully saturated rings. The summed E-state index contributed by atoms with van der Waals surface area (Å²) < 4.78 is 5.12. The van der Waals surface area contributed by atoms with Gasteiger partial charge in [0.25, 0.3) is 0 Å². The molecule has 0 aliphatic carbocycles. The van der Waals surface area contributed by atoms with E-state index in [1.54, 1.807) is 25.1 Å². The molecule has 27 heavy (non-hydrogen) atoms. The van der Waals surface area contributed by atoms with Gasteiger partial charge < -0.3 is 9.63 Å². The minimum atomic E-state index is -1.12. The molecule has 0 aliphatic rings. The smallest absolute Gasteiger partial charge is 0.412 e. The van der Waals surface area contributed by atoms with Gasteiger partial charge in [-0.1, -0.05) is 59.2 Å². The Morgan fingerprint density at radius 1 is 1.22 bits per heavy atom. The third kappa shape index (κ3) is 4.10. The summed E-state index contributed by atoms with van der Waals surface area (Å²) in [6.07, 6.45) is 0.979. The normalized spacial score (nSPS) is 12.0. The van der Waals surface area contributed by atoms with Gasteiger partial charge in [0.1, 0.15) is 17.6 Å². The van der Waals surface area contributed by atoms with Gasteiger partial charge in [0, 0.05) is 16.5 Å². The van der Waals surface area contributed by atoms with Gasteiger partial charge in [-0.05, 0) is 30.5 Å². The number of anilines is 1. The first kappa shape index (κ1) is 19.3. The summed E-state index contributed by atoms with van der Waals surface area (Å²) in [5, 5.41) is 14.4. The third-order valence-electron chi connectivity index (χ3n) is 4.37. The highest BCUT2D eigenvalue weighted by atomic mass is 35.5. The number of hydrogen-bond acceptors (Lipinski definition) is 3. The van der Waals surface area contributed by atoms with Crippen molar-refractivity contribution in [2.24, 2.45) is 0 Å². The van der Waals surface area contributed by atoms with E-state index in [-0.39, 0.29) is 0 Å². The molecule has 1 unspecified atom stereocenters. The van der Waals surface area contributed by atoms with Gasteiger partial charge in [0.05, 0.1) is 6.04 Å². The van der Waals surface area contributed by atoms with Crippen LogP contribution in [0.2, 0.25) is 5.02 Å². The van der Waals surface area contributed by atoms with E-state index in [4.69, 9.17) is 27.7 Å². The second-order valence-electron chi connectivity index (χ2n) is 6.03. The van der Waals surface area contributed by atoms with Crippen molar-refractivity contribution in [1.82, 2.24) is 5.16 Å². The van der Waals surface area contributed by atoms with Crippen molar-refractivity contribution in [3.8, 4) is 11.3 Å². The third-order valence-corrected chi connectivity index (χ3v) is 4.90. The molecule has 3 rings (SSSR count). The fourth-order valence-electron chi connectivity index (χ4n) is 2.97. The minimum Gasteiger partial charge on any atom is -0.465 e. The zero-order valence-electron chi connectivity index (χ0n) is 14.6. The van der Waals surface area contributed by atoms with Crippen molar-refractivity contribution in [3.05, 3.63) is 70.9 Å². The maximum Gasteiger partial charge on any atom is 0.412 e. The molecule has 1 heterocycles. The predicted octanol–water partition coefficient (Wildman–Crippen LogP) is 6.02. The molecular weight excluding hydrogens is 387 g/mol. The van der Waals surface area contributed by atoms with Crippen LogP contribution in [0.15, 0.2) is 59.3 Å². The summed E-state index contributed by atoms with van der Waals surface area (Å²) in [7, 11) is 0. The molecule has 5 nitrogen and oxygen atoms in total. The van der Waals surface area contributed by atoms with E-state index in [0.29, 0.717) is 27.8 Å². The highest BCUT2D eigenvalue weighted by Crippen LogP contribution is 2.36. The Morgan fingerprint density at radius 2 is 1.93 bits per heavy atom. The first-order chi connectivity index (χ1) is 13.0. The molecule has 1 aromatic heterocycles. The van der Waals surface area contributed by atoms with E-state index >= 15 is 0 Å². The molecule has 2 aromatic carbocycles. The number of aromatic nitrogens is 1. The van der Waals surface area contributed by atoms with Crippen LogP contribution in [0.25, 0.3) is 11.3 Å². The van der Waals surface area contributed by atoms with Crippen LogP contribution in [0.1, 0.15) is 24.1 Å². The lowest BCUT2D eigenvalue weighted by Crippen LogP contribution is -2.32. The summed E-state index contributed by atoms with van der Waals surface area (Å²) in [4.78, 5) is 13.3. The Bertz CT molecular complexity index is 925. The average molecular weight is 405 g/mol. The number of hydrogen-bond donors (Lipinski definition) is 1. The second kappa shape index (κ2) is 8.46. The van der Waals surface area contributed by atoms with E-state index in [9.17, 15) is 9.90 Å². The van der Waals surface area contributed by atoms with Crippen molar-refractivity contribution in [2.75, 3.05) is 10.8 Å². The first-order valence-corrected chi connectivity index (χ1v) is 9.30. The van der Waals surface area contributed by atoms with Gasteiger partial charge >= 0.3 is 6.09 Å². The number of halogens is 2. The Hall–Kier alpha value is -2.50. The number of nitrogens with zero attached hydrogens (tertiary/aromatic N) is 2. The molecule has 140 valence electrons. The Balaban J connectivity index is 2.00. The molecule has 0 saturated heterocycles. The fraction of sp³-hybridized carbons (Fsp3) is 0.200. The van der Waals surface area contributed by atoms with Crippen molar-refractivity contribution >= 4 is 35.0 Å². The SMILES string of the molecule is CC(c1ccccc1Cl)N(C(=O)O)c1conc1-c1ccc(CCCl)cc1. The molecule has 7 heteroatoms. The van der Waals surface area contributed by atoms with Crippen LogP contribution in [0, 0.1) is 0 Å². The van der Waals surface area contributed by atoms with Crippen molar-refractivity contribution in [1.29, 1.82) is 0 Å². The molecule has 0 aliphatic heterocycles. The molecule has 3 aromatic rings. The van der Waals surface area contributed by atoms with E-state index in [2.05, 4.69) is 5.16 Å². The van der Waals surface area contributed by atoms with Gasteiger partial charge in [-0.15, -0.1) is 11.6 Å². The quantitative estimate of drug-likeness (QED) is 0.509. The fourth-order valence-corrected chi connectivity index (χ4v) is 3.48. The summed E-state index contributed by atoms with van der Waals surface area (Å²) in [5.41, 5.74) is 3.37. The number of carboxylic acid groups (broad SMARTS) is 1. The number of alkyl halides is 1. The average Bonchev–Trinajstić information content (AvgIpc) is 3.12. The minimum absolute atomic E-state index is 0.361. The molecule has 0 radical (unpaired) electrons. The van der Waals surface area contributed by atoms with Crippen molar-refractivity contribution < 1.29 is 14.4 Å². The number of carbonyl (C=O) groups is 1. The van der Waals surface area contributed by atoms with Gasteiger partial charge in [-0.2, -0.15) is 0 Å².